The molecule has 0 atom stereocenters. The predicted octanol–water partition coefficient (Wildman–Crippen LogP) is 7.00. The highest BCUT2D eigenvalue weighted by atomic mass is 14.1. The van der Waals surface area contributed by atoms with Crippen molar-refractivity contribution in [2.75, 3.05) is 0 Å². The Morgan fingerprint density at radius 3 is 1.56 bits per heavy atom. The maximum atomic E-state index is 3.75. The molecule has 0 nitrogen and oxygen atoms in total. The van der Waals surface area contributed by atoms with Gasteiger partial charge in [-0.15, -0.1) is 0 Å². The molecule has 0 aliphatic carbocycles. The zero-order valence-corrected chi connectivity index (χ0v) is 15.0. The molecule has 0 spiro atoms. The van der Waals surface area contributed by atoms with E-state index < -0.39 is 0 Å². The molecule has 0 saturated carbocycles. The Bertz CT molecular complexity index is 861. The minimum absolute atomic E-state index is 0.971. The monoisotopic (exact) mass is 324 g/mol. The van der Waals surface area contributed by atoms with Gasteiger partial charge < -0.3 is 0 Å². The normalized spacial score (nSPS) is 11.4. The first-order valence-corrected chi connectivity index (χ1v) is 8.70. The molecule has 0 amide bonds. The van der Waals surface area contributed by atoms with Gasteiger partial charge in [0.25, 0.3) is 0 Å². The van der Waals surface area contributed by atoms with E-state index in [4.69, 9.17) is 0 Å². The zero-order valence-electron chi connectivity index (χ0n) is 15.0. The maximum Gasteiger partial charge on any atom is -0.00668 e. The molecule has 0 saturated heterocycles. The van der Waals surface area contributed by atoms with Gasteiger partial charge in [0.1, 0.15) is 0 Å². The number of benzene rings is 3. The van der Waals surface area contributed by atoms with E-state index in [1.54, 1.807) is 0 Å². The highest BCUT2D eigenvalue weighted by molar-refractivity contribution is 5.70. The van der Waals surface area contributed by atoms with E-state index in [1.165, 1.54) is 39.0 Å². The molecule has 25 heavy (non-hydrogen) atoms. The Morgan fingerprint density at radius 2 is 1.12 bits per heavy atom. The lowest BCUT2D eigenvalue weighted by Gasteiger charge is -2.07. The van der Waals surface area contributed by atoms with Gasteiger partial charge in [-0.25, -0.2) is 0 Å². The van der Waals surface area contributed by atoms with Crippen molar-refractivity contribution in [2.24, 2.45) is 0 Å². The second-order valence-electron chi connectivity index (χ2n) is 6.57. The molecule has 0 N–H and O–H groups in total. The predicted molar refractivity (Wildman–Crippen MR) is 110 cm³/mol. The molecule has 0 aliphatic heterocycles. The Labute approximate surface area is 151 Å². The van der Waals surface area contributed by atoms with Crippen molar-refractivity contribution in [1.29, 1.82) is 0 Å². The van der Waals surface area contributed by atoms with Crippen LogP contribution >= 0.6 is 0 Å². The molecule has 0 unspecified atom stereocenters. The molecule has 0 aromatic heterocycles. The first-order chi connectivity index (χ1) is 12.2. The highest BCUT2D eigenvalue weighted by Crippen LogP contribution is 2.25. The summed E-state index contributed by atoms with van der Waals surface area (Å²) in [5.41, 5.74) is 8.97. The van der Waals surface area contributed by atoms with Crippen molar-refractivity contribution in [3.63, 3.8) is 0 Å². The third kappa shape index (κ3) is 4.36. The minimum atomic E-state index is 0.971. The standard InChI is InChI=1S/C25H24/c1-4-5-20(3)18-21-8-12-23(13-9-21)25-16-14-24(15-17-25)22-10-6-19(2)7-11-22/h4-17H,1,18H2,2-3H3/b20-5-. The van der Waals surface area contributed by atoms with Crippen LogP contribution < -0.4 is 0 Å². The molecule has 0 fully saturated rings. The van der Waals surface area contributed by atoms with Gasteiger partial charge in [0, 0.05) is 0 Å². The second-order valence-corrected chi connectivity index (χ2v) is 6.57. The summed E-state index contributed by atoms with van der Waals surface area (Å²) in [4.78, 5) is 0. The van der Waals surface area contributed by atoms with Crippen LogP contribution in [0.25, 0.3) is 22.3 Å². The van der Waals surface area contributed by atoms with Gasteiger partial charge in [-0.05, 0) is 48.1 Å². The van der Waals surface area contributed by atoms with Gasteiger partial charge in [-0.3, -0.25) is 0 Å². The molecule has 0 heterocycles. The van der Waals surface area contributed by atoms with Gasteiger partial charge in [0.15, 0.2) is 0 Å². The number of hydrogen-bond donors (Lipinski definition) is 0. The molecule has 3 rings (SSSR count). The number of rotatable bonds is 5. The quantitative estimate of drug-likeness (QED) is 0.443. The zero-order chi connectivity index (χ0) is 17.6. The van der Waals surface area contributed by atoms with Crippen molar-refractivity contribution < 1.29 is 0 Å². The lowest BCUT2D eigenvalue weighted by Crippen LogP contribution is -1.87. The van der Waals surface area contributed by atoms with Crippen LogP contribution in [-0.2, 0) is 6.42 Å². The van der Waals surface area contributed by atoms with Crippen molar-refractivity contribution >= 4 is 0 Å². The van der Waals surface area contributed by atoms with Gasteiger partial charge in [0.2, 0.25) is 0 Å². The molecule has 0 heteroatoms. The topological polar surface area (TPSA) is 0 Å². The van der Waals surface area contributed by atoms with Gasteiger partial charge >= 0.3 is 0 Å². The molecular formula is C25H24. The van der Waals surface area contributed by atoms with Crippen LogP contribution in [0.15, 0.2) is 97.1 Å². The van der Waals surface area contributed by atoms with Gasteiger partial charge in [0.05, 0.1) is 0 Å². The number of allylic oxidation sites excluding steroid dienone is 3. The van der Waals surface area contributed by atoms with Gasteiger partial charge in [-0.1, -0.05) is 103 Å². The molecule has 3 aromatic rings. The summed E-state index contributed by atoms with van der Waals surface area (Å²) in [6.07, 6.45) is 4.88. The first kappa shape index (κ1) is 17.0. The molecular weight excluding hydrogens is 300 g/mol. The summed E-state index contributed by atoms with van der Waals surface area (Å²) in [7, 11) is 0. The van der Waals surface area contributed by atoms with E-state index in [9.17, 15) is 0 Å². The molecule has 0 aliphatic rings. The van der Waals surface area contributed by atoms with Crippen molar-refractivity contribution in [3.8, 4) is 22.3 Å². The van der Waals surface area contributed by atoms with E-state index in [0.29, 0.717) is 0 Å². The SMILES string of the molecule is C=C/C=C(/C)Cc1ccc(-c2ccc(-c3ccc(C)cc3)cc2)cc1. The summed E-state index contributed by atoms with van der Waals surface area (Å²) < 4.78 is 0. The molecule has 0 radical (unpaired) electrons. The molecule has 124 valence electrons. The number of aryl methyl sites for hydroxylation is 1. The second kappa shape index (κ2) is 7.81. The van der Waals surface area contributed by atoms with E-state index in [0.717, 1.165) is 6.42 Å². The van der Waals surface area contributed by atoms with Crippen molar-refractivity contribution in [2.45, 2.75) is 20.3 Å². The number of hydrogen-bond acceptors (Lipinski definition) is 0. The summed E-state index contributed by atoms with van der Waals surface area (Å²) in [5, 5.41) is 0. The average molecular weight is 324 g/mol. The van der Waals surface area contributed by atoms with E-state index in [1.807, 2.05) is 6.08 Å². The Morgan fingerprint density at radius 1 is 0.720 bits per heavy atom. The first-order valence-electron chi connectivity index (χ1n) is 8.70. The van der Waals surface area contributed by atoms with Gasteiger partial charge in [-0.2, -0.15) is 0 Å². The fourth-order valence-electron chi connectivity index (χ4n) is 3.00. The molecule has 3 aromatic carbocycles. The summed E-state index contributed by atoms with van der Waals surface area (Å²) in [6.45, 7) is 8.01. The third-order valence-corrected chi connectivity index (χ3v) is 4.44. The Kier molecular flexibility index (Phi) is 5.30. The van der Waals surface area contributed by atoms with Crippen LogP contribution in [0.1, 0.15) is 18.1 Å². The highest BCUT2D eigenvalue weighted by Gasteiger charge is 2.01. The molecule has 0 bridgehead atoms. The van der Waals surface area contributed by atoms with Crippen LogP contribution in [0.3, 0.4) is 0 Å². The lowest BCUT2D eigenvalue weighted by molar-refractivity contribution is 1.14. The summed E-state index contributed by atoms with van der Waals surface area (Å²) in [6, 6.07) is 26.3. The summed E-state index contributed by atoms with van der Waals surface area (Å²) in [5.74, 6) is 0. The van der Waals surface area contributed by atoms with Crippen LogP contribution in [0.4, 0.5) is 0 Å². The average Bonchev–Trinajstić information content (AvgIpc) is 2.63. The smallest absolute Gasteiger partial charge is 0.00668 e. The van der Waals surface area contributed by atoms with Crippen LogP contribution in [0.5, 0.6) is 0 Å². The van der Waals surface area contributed by atoms with Crippen molar-refractivity contribution in [3.05, 3.63) is 108 Å². The summed E-state index contributed by atoms with van der Waals surface area (Å²) >= 11 is 0. The largest absolute Gasteiger partial charge is 0.0991 e. The van der Waals surface area contributed by atoms with E-state index in [2.05, 4.69) is 99.3 Å². The van der Waals surface area contributed by atoms with E-state index >= 15 is 0 Å². The van der Waals surface area contributed by atoms with Crippen LogP contribution in [0.2, 0.25) is 0 Å². The Hall–Kier alpha value is -2.86. The van der Waals surface area contributed by atoms with Crippen LogP contribution in [0, 0.1) is 6.92 Å². The third-order valence-electron chi connectivity index (χ3n) is 4.44. The van der Waals surface area contributed by atoms with E-state index in [-0.39, 0.29) is 0 Å². The lowest BCUT2D eigenvalue weighted by atomic mass is 9.98. The minimum Gasteiger partial charge on any atom is -0.0991 e. The fourth-order valence-corrected chi connectivity index (χ4v) is 3.00. The Balaban J connectivity index is 1.77. The maximum absolute atomic E-state index is 3.75. The van der Waals surface area contributed by atoms with Crippen LogP contribution in [-0.4, -0.2) is 0 Å². The fraction of sp³-hybridized carbons (Fsp3) is 0.120. The van der Waals surface area contributed by atoms with Crippen molar-refractivity contribution in [1.82, 2.24) is 0 Å².